The molecule has 3 heterocycles. The minimum absolute atomic E-state index is 0.0556. The molecule has 1 amide bonds. The van der Waals surface area contributed by atoms with Crippen LogP contribution in [0.4, 0.5) is 27.6 Å². The molecule has 0 unspecified atom stereocenters. The van der Waals surface area contributed by atoms with Gasteiger partial charge in [0, 0.05) is 37.0 Å². The molecule has 3 aromatic rings. The van der Waals surface area contributed by atoms with E-state index in [1.807, 2.05) is 0 Å². The third-order valence-electron chi connectivity index (χ3n) is 8.44. The fourth-order valence-corrected chi connectivity index (χ4v) is 5.70. The summed E-state index contributed by atoms with van der Waals surface area (Å²) >= 11 is 0. The van der Waals surface area contributed by atoms with E-state index in [-0.39, 0.29) is 36.3 Å². The Morgan fingerprint density at radius 1 is 1.18 bits per heavy atom. The van der Waals surface area contributed by atoms with Gasteiger partial charge in [0.15, 0.2) is 0 Å². The van der Waals surface area contributed by atoms with Crippen molar-refractivity contribution in [1.82, 2.24) is 14.9 Å². The van der Waals surface area contributed by atoms with E-state index in [4.69, 9.17) is 9.47 Å². The summed E-state index contributed by atoms with van der Waals surface area (Å²) < 4.78 is 82.0. The van der Waals surface area contributed by atoms with Gasteiger partial charge in [-0.2, -0.15) is 13.2 Å². The highest BCUT2D eigenvalue weighted by molar-refractivity contribution is 5.97. The van der Waals surface area contributed by atoms with E-state index in [0.29, 0.717) is 65.4 Å². The van der Waals surface area contributed by atoms with Crippen molar-refractivity contribution in [1.29, 1.82) is 0 Å². The highest BCUT2D eigenvalue weighted by atomic mass is 19.4. The third kappa shape index (κ3) is 5.97. The van der Waals surface area contributed by atoms with Gasteiger partial charge in [-0.25, -0.2) is 18.6 Å². The van der Waals surface area contributed by atoms with Crippen LogP contribution in [0.2, 0.25) is 0 Å². The second kappa shape index (κ2) is 12.1. The van der Waals surface area contributed by atoms with Crippen LogP contribution in [0.3, 0.4) is 0 Å². The minimum atomic E-state index is -4.58. The van der Waals surface area contributed by atoms with Crippen LogP contribution in [0.5, 0.6) is 5.75 Å². The second-order valence-electron chi connectivity index (χ2n) is 11.1. The number of ether oxygens (including phenoxy) is 2. The molecule has 45 heavy (non-hydrogen) atoms. The summed E-state index contributed by atoms with van der Waals surface area (Å²) in [7, 11) is 2.73. The SMILES string of the molecule is COC(=O)[C@H](Cc1ccc(-c2nc(C)c(C)n(C)c2=O)c2c1CCCO2)NC(=O)c1c(F)cc(N2CC[C@@H]2C(F)(F)F)cc1F. The number of rotatable bonds is 7. The Balaban J connectivity index is 1.44. The van der Waals surface area contributed by atoms with E-state index in [1.54, 1.807) is 33.0 Å². The average Bonchev–Trinajstić information content (AvgIpc) is 2.95. The molecule has 0 aliphatic carbocycles. The summed E-state index contributed by atoms with van der Waals surface area (Å²) in [6.07, 6.45) is -3.80. The maximum Gasteiger partial charge on any atom is 0.408 e. The van der Waals surface area contributed by atoms with E-state index in [9.17, 15) is 27.6 Å². The first-order valence-electron chi connectivity index (χ1n) is 14.3. The third-order valence-corrected chi connectivity index (χ3v) is 8.44. The summed E-state index contributed by atoms with van der Waals surface area (Å²) in [5, 5.41) is 2.31. The number of aryl methyl sites for hydroxylation is 1. The number of fused-ring (bicyclic) bond motifs is 1. The van der Waals surface area contributed by atoms with Crippen molar-refractivity contribution in [3.63, 3.8) is 0 Å². The van der Waals surface area contributed by atoms with Crippen LogP contribution in [0.15, 0.2) is 29.1 Å². The zero-order valence-electron chi connectivity index (χ0n) is 25.0. The summed E-state index contributed by atoms with van der Waals surface area (Å²) in [5.41, 5.74) is 1.56. The van der Waals surface area contributed by atoms with Crippen molar-refractivity contribution in [3.8, 4) is 17.0 Å². The standard InChI is InChI=1S/C31H31F5N4O5/c1-15-16(2)39(3)29(42)26(37-15)20-8-7-17(19-6-5-11-45-27(19)20)12-23(30(43)44-4)38-28(41)25-21(32)13-18(14-22(25)33)40-10-9-24(40)31(34,35)36/h7-8,13-14,23-24H,5-6,9-12H2,1-4H3,(H,38,41)/t23-,24+/m0/s1. The molecule has 2 aliphatic heterocycles. The largest absolute Gasteiger partial charge is 0.493 e. The Morgan fingerprint density at radius 3 is 2.47 bits per heavy atom. The van der Waals surface area contributed by atoms with Gasteiger partial charge in [0.2, 0.25) is 0 Å². The molecule has 240 valence electrons. The quantitative estimate of drug-likeness (QED) is 0.305. The number of carbonyl (C=O) groups is 2. The predicted octanol–water partition coefficient (Wildman–Crippen LogP) is 4.32. The Bertz CT molecular complexity index is 1720. The molecule has 0 spiro atoms. The molecule has 0 bridgehead atoms. The molecule has 14 heteroatoms. The fraction of sp³-hybridized carbons (Fsp3) is 0.419. The van der Waals surface area contributed by atoms with Crippen molar-refractivity contribution in [2.24, 2.45) is 7.05 Å². The topological polar surface area (TPSA) is 103 Å². The fourth-order valence-electron chi connectivity index (χ4n) is 5.70. The lowest BCUT2D eigenvalue weighted by Crippen LogP contribution is -2.56. The number of carbonyl (C=O) groups excluding carboxylic acids is 2. The Kier molecular flexibility index (Phi) is 8.60. The number of anilines is 1. The van der Waals surface area contributed by atoms with Gasteiger partial charge in [0.1, 0.15) is 40.7 Å². The van der Waals surface area contributed by atoms with Gasteiger partial charge < -0.3 is 24.3 Å². The van der Waals surface area contributed by atoms with Crippen LogP contribution in [-0.4, -0.2) is 59.9 Å². The number of hydrogen-bond donors (Lipinski definition) is 1. The molecule has 0 saturated carbocycles. The van der Waals surface area contributed by atoms with Gasteiger partial charge in [-0.3, -0.25) is 9.59 Å². The molecular formula is C31H31F5N4O5. The first-order chi connectivity index (χ1) is 21.2. The first-order valence-corrected chi connectivity index (χ1v) is 14.3. The van der Waals surface area contributed by atoms with Crippen molar-refractivity contribution in [2.75, 3.05) is 25.2 Å². The summed E-state index contributed by atoms with van der Waals surface area (Å²) in [4.78, 5) is 44.2. The van der Waals surface area contributed by atoms with Crippen molar-refractivity contribution >= 4 is 17.6 Å². The molecular weight excluding hydrogens is 603 g/mol. The molecule has 5 rings (SSSR count). The van der Waals surface area contributed by atoms with Gasteiger partial charge in [-0.1, -0.05) is 6.07 Å². The normalized spacial score (nSPS) is 16.7. The molecule has 2 aromatic carbocycles. The lowest BCUT2D eigenvalue weighted by molar-refractivity contribution is -0.159. The molecule has 0 radical (unpaired) electrons. The molecule has 1 fully saturated rings. The van der Waals surface area contributed by atoms with Crippen molar-refractivity contribution < 1.29 is 41.0 Å². The average molecular weight is 635 g/mol. The molecule has 1 aromatic heterocycles. The maximum atomic E-state index is 15.0. The predicted molar refractivity (Wildman–Crippen MR) is 153 cm³/mol. The van der Waals surface area contributed by atoms with Crippen LogP contribution in [-0.2, 0) is 29.4 Å². The van der Waals surface area contributed by atoms with Crippen LogP contribution < -0.4 is 20.5 Å². The number of hydrogen-bond acceptors (Lipinski definition) is 7. The highest BCUT2D eigenvalue weighted by Crippen LogP contribution is 2.39. The van der Waals surface area contributed by atoms with Gasteiger partial charge in [0.05, 0.1) is 19.4 Å². The van der Waals surface area contributed by atoms with E-state index in [1.165, 1.54) is 4.57 Å². The van der Waals surface area contributed by atoms with Gasteiger partial charge >= 0.3 is 12.1 Å². The van der Waals surface area contributed by atoms with E-state index >= 15 is 8.78 Å². The lowest BCUT2D eigenvalue weighted by atomic mass is 9.91. The van der Waals surface area contributed by atoms with Crippen LogP contribution in [0.1, 0.15) is 45.7 Å². The van der Waals surface area contributed by atoms with Crippen LogP contribution in [0.25, 0.3) is 11.3 Å². The van der Waals surface area contributed by atoms with Crippen molar-refractivity contribution in [3.05, 3.63) is 74.3 Å². The zero-order valence-corrected chi connectivity index (χ0v) is 25.0. The van der Waals surface area contributed by atoms with Crippen LogP contribution >= 0.6 is 0 Å². The van der Waals surface area contributed by atoms with Crippen LogP contribution in [0, 0.1) is 25.5 Å². The number of esters is 1. The van der Waals surface area contributed by atoms with Gasteiger partial charge in [-0.05, 0) is 62.4 Å². The summed E-state index contributed by atoms with van der Waals surface area (Å²) in [5.74, 6) is -4.52. The second-order valence-corrected chi connectivity index (χ2v) is 11.1. The number of methoxy groups -OCH3 is 1. The zero-order chi connectivity index (χ0) is 32.8. The molecule has 1 N–H and O–H groups in total. The first kappa shape index (κ1) is 31.9. The monoisotopic (exact) mass is 634 g/mol. The Hall–Kier alpha value is -4.49. The minimum Gasteiger partial charge on any atom is -0.493 e. The van der Waals surface area contributed by atoms with E-state index in [2.05, 4.69) is 10.3 Å². The number of nitrogens with one attached hydrogen (secondary N) is 1. The Labute approximate surface area is 255 Å². The smallest absolute Gasteiger partial charge is 0.408 e. The number of nitrogens with zero attached hydrogens (tertiary/aromatic N) is 3. The highest BCUT2D eigenvalue weighted by Gasteiger charge is 2.49. The lowest BCUT2D eigenvalue weighted by Gasteiger charge is -2.43. The molecule has 9 nitrogen and oxygen atoms in total. The number of alkyl halides is 3. The molecule has 2 atom stereocenters. The van der Waals surface area contributed by atoms with Crippen molar-refractivity contribution in [2.45, 2.75) is 57.8 Å². The Morgan fingerprint density at radius 2 is 1.87 bits per heavy atom. The van der Waals surface area contributed by atoms with E-state index < -0.39 is 47.3 Å². The van der Waals surface area contributed by atoms with E-state index in [0.717, 1.165) is 12.0 Å². The number of halogens is 5. The maximum absolute atomic E-state index is 15.0. The number of aromatic nitrogens is 2. The number of benzene rings is 2. The summed E-state index contributed by atoms with van der Waals surface area (Å²) in [6, 6.07) is 1.36. The van der Waals surface area contributed by atoms with Gasteiger partial charge in [0.25, 0.3) is 11.5 Å². The number of amides is 1. The molecule has 1 saturated heterocycles. The summed E-state index contributed by atoms with van der Waals surface area (Å²) in [6.45, 7) is 3.89. The van der Waals surface area contributed by atoms with Gasteiger partial charge in [-0.15, -0.1) is 0 Å². The molecule has 2 aliphatic rings.